The smallest absolute Gasteiger partial charge is 0.302 e. The number of halogens is 2. The van der Waals surface area contributed by atoms with Gasteiger partial charge < -0.3 is 9.47 Å². The molecule has 30 heavy (non-hydrogen) atoms. The zero-order valence-electron chi connectivity index (χ0n) is 18.2. The Morgan fingerprint density at radius 2 is 1.67 bits per heavy atom. The third kappa shape index (κ3) is 3.18. The van der Waals surface area contributed by atoms with Crippen molar-refractivity contribution in [2.45, 2.75) is 90.8 Å². The Morgan fingerprint density at radius 3 is 2.30 bits per heavy atom. The molecular formula is C23H32F2O5. The van der Waals surface area contributed by atoms with Gasteiger partial charge in [-0.2, -0.15) is 0 Å². The summed E-state index contributed by atoms with van der Waals surface area (Å²) < 4.78 is 42.6. The molecule has 0 bridgehead atoms. The molecule has 168 valence electrons. The van der Waals surface area contributed by atoms with Crippen LogP contribution >= 0.6 is 0 Å². The molecule has 5 nitrogen and oxygen atoms in total. The van der Waals surface area contributed by atoms with Gasteiger partial charge in [0.05, 0.1) is 0 Å². The second-order valence-electron chi connectivity index (χ2n) is 10.6. The minimum absolute atomic E-state index is 0.0183. The van der Waals surface area contributed by atoms with Crippen LogP contribution in [0.4, 0.5) is 8.78 Å². The van der Waals surface area contributed by atoms with Crippen molar-refractivity contribution in [1.29, 1.82) is 0 Å². The second-order valence-corrected chi connectivity index (χ2v) is 10.6. The number of alkyl halides is 2. The molecule has 0 aliphatic heterocycles. The lowest BCUT2D eigenvalue weighted by atomic mass is 9.43. The highest BCUT2D eigenvalue weighted by molar-refractivity contribution is 5.87. The van der Waals surface area contributed by atoms with Gasteiger partial charge in [0, 0.05) is 43.9 Å². The van der Waals surface area contributed by atoms with E-state index < -0.39 is 40.7 Å². The molecule has 0 unspecified atom stereocenters. The van der Waals surface area contributed by atoms with Gasteiger partial charge in [0.2, 0.25) is 0 Å². The number of fused-ring (bicyclic) bond motifs is 5. The fraction of sp³-hybridized carbons (Fsp3) is 0.870. The van der Waals surface area contributed by atoms with Crippen molar-refractivity contribution in [3.63, 3.8) is 0 Å². The predicted molar refractivity (Wildman–Crippen MR) is 104 cm³/mol. The fourth-order valence-electron chi connectivity index (χ4n) is 7.63. The average molecular weight is 427 g/mol. The highest BCUT2D eigenvalue weighted by Gasteiger charge is 2.71. The van der Waals surface area contributed by atoms with Gasteiger partial charge in [-0.3, -0.25) is 14.4 Å². The zero-order chi connectivity index (χ0) is 22.1. The highest BCUT2D eigenvalue weighted by atomic mass is 19.3. The van der Waals surface area contributed by atoms with Crippen LogP contribution in [-0.2, 0) is 23.9 Å². The first-order chi connectivity index (χ1) is 13.9. The van der Waals surface area contributed by atoms with Crippen LogP contribution in [0.5, 0.6) is 0 Å². The molecule has 0 amide bonds. The van der Waals surface area contributed by atoms with Gasteiger partial charge in [0.25, 0.3) is 5.92 Å². The Bertz CT molecular complexity index is 767. The summed E-state index contributed by atoms with van der Waals surface area (Å²) >= 11 is 0. The van der Waals surface area contributed by atoms with E-state index in [1.54, 1.807) is 6.92 Å². The summed E-state index contributed by atoms with van der Waals surface area (Å²) in [4.78, 5) is 36.0. The Morgan fingerprint density at radius 1 is 1.00 bits per heavy atom. The van der Waals surface area contributed by atoms with Crippen LogP contribution in [-0.4, -0.2) is 35.9 Å². The maximum Gasteiger partial charge on any atom is 0.302 e. The Hall–Kier alpha value is -1.53. The van der Waals surface area contributed by atoms with Crippen molar-refractivity contribution < 1.29 is 32.6 Å². The third-order valence-electron chi connectivity index (χ3n) is 8.89. The van der Waals surface area contributed by atoms with Gasteiger partial charge in [-0.05, 0) is 49.4 Å². The third-order valence-corrected chi connectivity index (χ3v) is 8.89. The van der Waals surface area contributed by atoms with E-state index in [4.69, 9.17) is 9.47 Å². The van der Waals surface area contributed by atoms with Crippen LogP contribution in [0.2, 0.25) is 0 Å². The Labute approximate surface area is 176 Å². The van der Waals surface area contributed by atoms with Crippen molar-refractivity contribution in [1.82, 2.24) is 0 Å². The molecule has 4 aliphatic carbocycles. The molecule has 0 aromatic rings. The number of ether oxygens (including phenoxy) is 2. The van der Waals surface area contributed by atoms with Crippen molar-refractivity contribution in [2.24, 2.45) is 34.5 Å². The number of hydrogen-bond donors (Lipinski definition) is 0. The summed E-state index contributed by atoms with van der Waals surface area (Å²) in [7, 11) is 0. The van der Waals surface area contributed by atoms with Crippen LogP contribution in [0.1, 0.15) is 72.6 Å². The second kappa shape index (κ2) is 6.99. The molecule has 4 aliphatic rings. The van der Waals surface area contributed by atoms with Crippen molar-refractivity contribution >= 4 is 17.7 Å². The molecule has 8 atom stereocenters. The number of carbonyl (C=O) groups excluding carboxylic acids is 3. The van der Waals surface area contributed by atoms with Crippen molar-refractivity contribution in [2.75, 3.05) is 0 Å². The van der Waals surface area contributed by atoms with Crippen LogP contribution in [0.3, 0.4) is 0 Å². The van der Waals surface area contributed by atoms with Gasteiger partial charge in [-0.25, -0.2) is 8.78 Å². The van der Waals surface area contributed by atoms with Gasteiger partial charge in [0.1, 0.15) is 18.0 Å². The van der Waals surface area contributed by atoms with E-state index in [2.05, 4.69) is 0 Å². The molecule has 0 heterocycles. The number of carbonyl (C=O) groups is 3. The summed E-state index contributed by atoms with van der Waals surface area (Å²) in [5.74, 6) is -6.01. The monoisotopic (exact) mass is 426 g/mol. The molecule has 4 saturated carbocycles. The van der Waals surface area contributed by atoms with Crippen LogP contribution in [0.25, 0.3) is 0 Å². The number of hydrogen-bond acceptors (Lipinski definition) is 5. The van der Waals surface area contributed by atoms with Gasteiger partial charge in [-0.1, -0.05) is 13.8 Å². The minimum atomic E-state index is -2.96. The maximum absolute atomic E-state index is 15.8. The number of esters is 2. The van der Waals surface area contributed by atoms with E-state index in [1.807, 2.05) is 6.92 Å². The SMILES string of the molecule is CC(=O)O[C@@H]1CC[C@@]2(C)[C@H](C1)CC(F)(F)[C@@H]1[C@@H]2[C@H](OC(C)=O)C[C@]2(C)C(=O)CC[C@@H]12. The van der Waals surface area contributed by atoms with E-state index in [0.29, 0.717) is 38.5 Å². The number of ketones is 1. The van der Waals surface area contributed by atoms with Gasteiger partial charge in [0.15, 0.2) is 0 Å². The summed E-state index contributed by atoms with van der Waals surface area (Å²) in [5.41, 5.74) is -1.31. The van der Waals surface area contributed by atoms with Crippen LogP contribution in [0.15, 0.2) is 0 Å². The summed E-state index contributed by atoms with van der Waals surface area (Å²) in [6.45, 7) is 6.49. The molecule has 0 aromatic heterocycles. The maximum atomic E-state index is 15.8. The lowest BCUT2D eigenvalue weighted by molar-refractivity contribution is -0.262. The first kappa shape index (κ1) is 21.7. The first-order valence-corrected chi connectivity index (χ1v) is 11.1. The summed E-state index contributed by atoms with van der Waals surface area (Å²) in [6, 6.07) is 0. The molecular weight excluding hydrogens is 394 g/mol. The largest absolute Gasteiger partial charge is 0.463 e. The molecule has 0 saturated heterocycles. The standard InChI is InChI=1S/C23H32F2O5/c1-12(26)29-15-7-8-21(3)14(9-15)10-23(24,25)19-16-5-6-18(28)22(16,4)11-17(20(19)21)30-13(2)27/h14-17,19-20H,5-11H2,1-4H3/t14-,15-,16+,17-,19+,20+,21+,22+/m1/s1. The van der Waals surface area contributed by atoms with E-state index in [1.165, 1.54) is 13.8 Å². The highest BCUT2D eigenvalue weighted by Crippen LogP contribution is 2.69. The summed E-state index contributed by atoms with van der Waals surface area (Å²) in [6.07, 6.45) is 1.48. The molecule has 0 aromatic carbocycles. The summed E-state index contributed by atoms with van der Waals surface area (Å²) in [5, 5.41) is 0. The quantitative estimate of drug-likeness (QED) is 0.615. The topological polar surface area (TPSA) is 69.7 Å². The lowest BCUT2D eigenvalue weighted by Crippen LogP contribution is -2.65. The van der Waals surface area contributed by atoms with Crippen LogP contribution in [0, 0.1) is 34.5 Å². The molecule has 0 spiro atoms. The average Bonchev–Trinajstić information content (AvgIpc) is 2.89. The molecule has 0 N–H and O–H groups in total. The van der Waals surface area contributed by atoms with Gasteiger partial charge >= 0.3 is 11.9 Å². The number of Topliss-reactive ketones (excluding diaryl/α,β-unsaturated/α-hetero) is 1. The van der Waals surface area contributed by atoms with Crippen molar-refractivity contribution in [3.8, 4) is 0 Å². The van der Waals surface area contributed by atoms with E-state index in [9.17, 15) is 14.4 Å². The number of rotatable bonds is 2. The van der Waals surface area contributed by atoms with Gasteiger partial charge in [-0.15, -0.1) is 0 Å². The molecule has 4 fully saturated rings. The van der Waals surface area contributed by atoms with Crippen LogP contribution < -0.4 is 0 Å². The Balaban J connectivity index is 1.75. The fourth-order valence-corrected chi connectivity index (χ4v) is 7.63. The predicted octanol–water partition coefficient (Wildman–Crippen LogP) is 4.32. The molecule has 0 radical (unpaired) electrons. The lowest BCUT2D eigenvalue weighted by Gasteiger charge is -2.63. The van der Waals surface area contributed by atoms with E-state index in [0.717, 1.165) is 0 Å². The molecule has 4 rings (SSSR count). The molecule has 7 heteroatoms. The van der Waals surface area contributed by atoms with Crippen molar-refractivity contribution in [3.05, 3.63) is 0 Å². The minimum Gasteiger partial charge on any atom is -0.463 e. The Kier molecular flexibility index (Phi) is 5.06. The zero-order valence-corrected chi connectivity index (χ0v) is 18.2. The first-order valence-electron chi connectivity index (χ1n) is 11.1. The van der Waals surface area contributed by atoms with E-state index in [-0.39, 0.29) is 36.1 Å². The van der Waals surface area contributed by atoms with E-state index >= 15 is 8.78 Å². The normalized spacial score (nSPS) is 46.9.